The minimum atomic E-state index is 0.250. The lowest BCUT2D eigenvalue weighted by molar-refractivity contribution is 0.354. The molecule has 1 aromatic carbocycles. The van der Waals surface area contributed by atoms with Crippen molar-refractivity contribution >= 4 is 5.95 Å². The number of benzene rings is 1. The molecule has 0 amide bonds. The van der Waals surface area contributed by atoms with Gasteiger partial charge in [-0.1, -0.05) is 6.07 Å². The number of nitrogens with two attached hydrogens (primary N) is 1. The van der Waals surface area contributed by atoms with E-state index in [1.165, 1.54) is 0 Å². The van der Waals surface area contributed by atoms with E-state index in [2.05, 4.69) is 15.2 Å². The van der Waals surface area contributed by atoms with Crippen molar-refractivity contribution in [3.8, 4) is 11.5 Å². The van der Waals surface area contributed by atoms with Gasteiger partial charge in [-0.2, -0.15) is 4.98 Å². The first-order valence-electron chi connectivity index (χ1n) is 5.10. The summed E-state index contributed by atoms with van der Waals surface area (Å²) in [7, 11) is 3.21. The van der Waals surface area contributed by atoms with Crippen LogP contribution in [0.2, 0.25) is 0 Å². The minimum absolute atomic E-state index is 0.250. The maximum absolute atomic E-state index is 5.44. The van der Waals surface area contributed by atoms with Gasteiger partial charge in [0.1, 0.15) is 5.82 Å². The summed E-state index contributed by atoms with van der Waals surface area (Å²) in [6.07, 6.45) is 0.616. The monoisotopic (exact) mass is 234 g/mol. The molecule has 90 valence electrons. The Labute approximate surface area is 98.8 Å². The van der Waals surface area contributed by atoms with Crippen molar-refractivity contribution < 1.29 is 9.47 Å². The van der Waals surface area contributed by atoms with Crippen molar-refractivity contribution in [2.24, 2.45) is 0 Å². The fourth-order valence-electron chi connectivity index (χ4n) is 1.57. The molecule has 2 rings (SSSR count). The molecule has 0 bridgehead atoms. The van der Waals surface area contributed by atoms with Gasteiger partial charge in [0.15, 0.2) is 11.5 Å². The molecule has 0 atom stereocenters. The number of nitrogens with zero attached hydrogens (tertiary/aromatic N) is 2. The van der Waals surface area contributed by atoms with Gasteiger partial charge in [-0.3, -0.25) is 5.10 Å². The fraction of sp³-hybridized carbons (Fsp3) is 0.273. The third kappa shape index (κ3) is 2.47. The lowest BCUT2D eigenvalue weighted by Gasteiger charge is -2.08. The van der Waals surface area contributed by atoms with Crippen LogP contribution in [0.4, 0.5) is 5.95 Å². The Bertz CT molecular complexity index is 510. The minimum Gasteiger partial charge on any atom is -0.493 e. The lowest BCUT2D eigenvalue weighted by atomic mass is 10.1. The topological polar surface area (TPSA) is 86.0 Å². The molecular formula is C11H14N4O2. The maximum atomic E-state index is 5.44. The smallest absolute Gasteiger partial charge is 0.239 e. The van der Waals surface area contributed by atoms with E-state index >= 15 is 0 Å². The Kier molecular flexibility index (Phi) is 3.13. The Morgan fingerprint density at radius 2 is 2.00 bits per heavy atom. The van der Waals surface area contributed by atoms with Crippen LogP contribution in [0, 0.1) is 0 Å². The van der Waals surface area contributed by atoms with Gasteiger partial charge in [0.25, 0.3) is 0 Å². The molecule has 6 heteroatoms. The van der Waals surface area contributed by atoms with Gasteiger partial charge < -0.3 is 15.2 Å². The van der Waals surface area contributed by atoms with Gasteiger partial charge in [0.2, 0.25) is 5.95 Å². The standard InChI is InChI=1S/C11H14N4O2/c1-16-8-4-3-7(5-9(8)17-2)6-10-13-11(12)15-14-10/h3-5H,6H2,1-2H3,(H3,12,13,14,15). The predicted octanol–water partition coefficient (Wildman–Crippen LogP) is 0.995. The summed E-state index contributed by atoms with van der Waals surface area (Å²) in [6.45, 7) is 0. The van der Waals surface area contributed by atoms with Gasteiger partial charge >= 0.3 is 0 Å². The van der Waals surface area contributed by atoms with E-state index in [-0.39, 0.29) is 5.95 Å². The summed E-state index contributed by atoms with van der Waals surface area (Å²) >= 11 is 0. The maximum Gasteiger partial charge on any atom is 0.239 e. The van der Waals surface area contributed by atoms with E-state index in [9.17, 15) is 0 Å². The van der Waals surface area contributed by atoms with Crippen LogP contribution >= 0.6 is 0 Å². The summed E-state index contributed by atoms with van der Waals surface area (Å²) < 4.78 is 10.4. The lowest BCUT2D eigenvalue weighted by Crippen LogP contribution is -1.95. The number of methoxy groups -OCH3 is 2. The number of nitrogens with one attached hydrogen (secondary N) is 1. The van der Waals surface area contributed by atoms with Crippen molar-refractivity contribution in [3.05, 3.63) is 29.6 Å². The van der Waals surface area contributed by atoms with Crippen LogP contribution < -0.4 is 15.2 Å². The Morgan fingerprint density at radius 1 is 1.24 bits per heavy atom. The fourth-order valence-corrected chi connectivity index (χ4v) is 1.57. The molecule has 2 aromatic rings. The molecule has 0 aliphatic carbocycles. The number of anilines is 1. The van der Waals surface area contributed by atoms with Crippen molar-refractivity contribution in [2.75, 3.05) is 20.0 Å². The molecule has 17 heavy (non-hydrogen) atoms. The highest BCUT2D eigenvalue weighted by Gasteiger charge is 2.07. The van der Waals surface area contributed by atoms with Crippen molar-refractivity contribution in [1.82, 2.24) is 15.2 Å². The van der Waals surface area contributed by atoms with Gasteiger partial charge in [-0.05, 0) is 17.7 Å². The van der Waals surface area contributed by atoms with Crippen molar-refractivity contribution in [1.29, 1.82) is 0 Å². The summed E-state index contributed by atoms with van der Waals surface area (Å²) in [5.41, 5.74) is 6.48. The summed E-state index contributed by atoms with van der Waals surface area (Å²) in [5, 5.41) is 6.54. The summed E-state index contributed by atoms with van der Waals surface area (Å²) in [4.78, 5) is 4.04. The number of nitrogen functional groups attached to an aromatic ring is 1. The third-order valence-electron chi connectivity index (χ3n) is 2.37. The third-order valence-corrected chi connectivity index (χ3v) is 2.37. The number of aromatic amines is 1. The van der Waals surface area contributed by atoms with E-state index in [0.29, 0.717) is 17.9 Å². The second kappa shape index (κ2) is 4.73. The molecule has 0 fully saturated rings. The molecule has 0 aliphatic rings. The normalized spacial score (nSPS) is 10.2. The molecule has 0 unspecified atom stereocenters. The molecule has 0 saturated carbocycles. The van der Waals surface area contributed by atoms with Crippen LogP contribution in [0.25, 0.3) is 0 Å². The average Bonchev–Trinajstić information content (AvgIpc) is 2.74. The molecule has 1 heterocycles. The number of ether oxygens (including phenoxy) is 2. The number of H-pyrrole nitrogens is 1. The Hall–Kier alpha value is -2.24. The Morgan fingerprint density at radius 3 is 2.59 bits per heavy atom. The zero-order valence-corrected chi connectivity index (χ0v) is 9.73. The van der Waals surface area contributed by atoms with Gasteiger partial charge in [-0.25, -0.2) is 0 Å². The van der Waals surface area contributed by atoms with Crippen LogP contribution in [0.3, 0.4) is 0 Å². The van der Waals surface area contributed by atoms with Crippen LogP contribution in [0.5, 0.6) is 11.5 Å². The highest BCUT2D eigenvalue weighted by molar-refractivity contribution is 5.43. The van der Waals surface area contributed by atoms with Crippen molar-refractivity contribution in [2.45, 2.75) is 6.42 Å². The van der Waals surface area contributed by atoms with Crippen LogP contribution in [-0.2, 0) is 6.42 Å². The van der Waals surface area contributed by atoms with Gasteiger partial charge in [0, 0.05) is 6.42 Å². The number of hydrogen-bond donors (Lipinski definition) is 2. The van der Waals surface area contributed by atoms with E-state index < -0.39 is 0 Å². The Balaban J connectivity index is 2.22. The molecule has 3 N–H and O–H groups in total. The van der Waals surface area contributed by atoms with Crippen LogP contribution in [0.1, 0.15) is 11.4 Å². The van der Waals surface area contributed by atoms with Gasteiger partial charge in [-0.15, -0.1) is 5.10 Å². The second-order valence-electron chi connectivity index (χ2n) is 3.51. The molecular weight excluding hydrogens is 220 g/mol. The number of hydrogen-bond acceptors (Lipinski definition) is 5. The quantitative estimate of drug-likeness (QED) is 0.824. The largest absolute Gasteiger partial charge is 0.493 e. The zero-order valence-electron chi connectivity index (χ0n) is 9.73. The first-order valence-corrected chi connectivity index (χ1v) is 5.10. The SMILES string of the molecule is COc1ccc(Cc2nc(N)n[nH]2)cc1OC. The summed E-state index contributed by atoms with van der Waals surface area (Å²) in [5.74, 6) is 2.36. The molecule has 0 aliphatic heterocycles. The summed E-state index contributed by atoms with van der Waals surface area (Å²) in [6, 6.07) is 5.70. The second-order valence-corrected chi connectivity index (χ2v) is 3.51. The number of aromatic nitrogens is 3. The van der Waals surface area contributed by atoms with Crippen LogP contribution in [-0.4, -0.2) is 29.4 Å². The highest BCUT2D eigenvalue weighted by atomic mass is 16.5. The van der Waals surface area contributed by atoms with E-state index in [4.69, 9.17) is 15.2 Å². The molecule has 0 radical (unpaired) electrons. The molecule has 1 aromatic heterocycles. The van der Waals surface area contributed by atoms with E-state index in [1.54, 1.807) is 14.2 Å². The predicted molar refractivity (Wildman–Crippen MR) is 63.1 cm³/mol. The van der Waals surface area contributed by atoms with E-state index in [0.717, 1.165) is 11.4 Å². The average molecular weight is 234 g/mol. The molecule has 0 saturated heterocycles. The van der Waals surface area contributed by atoms with E-state index in [1.807, 2.05) is 18.2 Å². The first-order chi connectivity index (χ1) is 8.22. The molecule has 6 nitrogen and oxygen atoms in total. The molecule has 0 spiro atoms. The van der Waals surface area contributed by atoms with Crippen LogP contribution in [0.15, 0.2) is 18.2 Å². The highest BCUT2D eigenvalue weighted by Crippen LogP contribution is 2.28. The van der Waals surface area contributed by atoms with Gasteiger partial charge in [0.05, 0.1) is 14.2 Å². The number of rotatable bonds is 4. The van der Waals surface area contributed by atoms with Crippen molar-refractivity contribution in [3.63, 3.8) is 0 Å². The zero-order chi connectivity index (χ0) is 12.3. The first kappa shape index (κ1) is 11.3.